The monoisotopic (exact) mass is 454 g/mol. The van der Waals surface area contributed by atoms with Crippen LogP contribution in [0.25, 0.3) is 17.0 Å². The minimum Gasteiger partial charge on any atom is -0.397 e. The van der Waals surface area contributed by atoms with Crippen LogP contribution < -0.4 is 16.4 Å². The Balaban J connectivity index is 1.18. The number of aromatic amines is 1. The largest absolute Gasteiger partial charge is 0.397 e. The molecule has 1 atom stereocenters. The number of carbonyl (C=O) groups excluding carboxylic acids is 1. The molecule has 1 heterocycles. The molecule has 34 heavy (non-hydrogen) atoms. The number of para-hydroxylation sites is 1. The number of nitrogens with two attached hydrogens (primary N) is 1. The number of amides is 1. The summed E-state index contributed by atoms with van der Waals surface area (Å²) < 4.78 is 13.2. The van der Waals surface area contributed by atoms with E-state index in [9.17, 15) is 9.18 Å². The quantitative estimate of drug-likeness (QED) is 0.224. The van der Waals surface area contributed by atoms with E-state index in [0.717, 1.165) is 31.4 Å². The molecule has 5 rings (SSSR count). The van der Waals surface area contributed by atoms with E-state index in [1.54, 1.807) is 6.08 Å². The fourth-order valence-corrected chi connectivity index (χ4v) is 4.67. The Labute approximate surface area is 197 Å². The third kappa shape index (κ3) is 4.72. The van der Waals surface area contributed by atoms with Gasteiger partial charge in [-0.25, -0.2) is 4.39 Å². The number of benzene rings is 3. The van der Waals surface area contributed by atoms with E-state index in [-0.39, 0.29) is 11.6 Å². The minimum atomic E-state index is -0.435. The molecule has 1 aromatic heterocycles. The lowest BCUT2D eigenvalue weighted by Gasteiger charge is -2.14. The van der Waals surface area contributed by atoms with Gasteiger partial charge in [0.2, 0.25) is 5.91 Å². The molecule has 0 spiro atoms. The zero-order valence-corrected chi connectivity index (χ0v) is 18.8. The summed E-state index contributed by atoms with van der Waals surface area (Å²) in [5.41, 5.74) is 12.5. The van der Waals surface area contributed by atoms with Crippen molar-refractivity contribution in [1.29, 1.82) is 0 Å². The number of H-pyrrole nitrogens is 1. The maximum absolute atomic E-state index is 13.2. The molecule has 5 nitrogen and oxygen atoms in total. The van der Waals surface area contributed by atoms with E-state index < -0.39 is 5.82 Å². The van der Waals surface area contributed by atoms with Gasteiger partial charge in [-0.15, -0.1) is 0 Å². The smallest absolute Gasteiger partial charge is 0.248 e. The molecule has 0 saturated carbocycles. The minimum absolute atomic E-state index is 0.197. The molecule has 1 unspecified atom stereocenters. The van der Waals surface area contributed by atoms with E-state index >= 15 is 0 Å². The highest BCUT2D eigenvalue weighted by molar-refractivity contribution is 6.03. The van der Waals surface area contributed by atoms with Gasteiger partial charge in [-0.05, 0) is 78.4 Å². The SMILES string of the molecule is Nc1cc(F)ccc1NC(=O)/C=C/c1ccc2c(c1)CCC2NCCc1c[nH]c2ccccc12. The Morgan fingerprint density at radius 1 is 1.15 bits per heavy atom. The first-order valence-corrected chi connectivity index (χ1v) is 11.5. The average Bonchev–Trinajstić information content (AvgIpc) is 3.44. The Morgan fingerprint density at radius 2 is 2.03 bits per heavy atom. The standard InChI is InChI=1S/C28H27FN4O/c29-21-8-11-27(24(30)16-21)33-28(34)12-6-18-5-9-23-19(15-18)7-10-26(23)31-14-13-20-17-32-25-4-2-1-3-22(20)25/h1-6,8-9,11-12,15-17,26,31-32H,7,10,13-14,30H2,(H,33,34)/b12-6+. The first kappa shape index (κ1) is 21.9. The van der Waals surface area contributed by atoms with Crippen molar-refractivity contribution in [3.05, 3.63) is 101 Å². The molecule has 6 heteroatoms. The molecule has 0 aliphatic heterocycles. The second kappa shape index (κ2) is 9.53. The summed E-state index contributed by atoms with van der Waals surface area (Å²) in [7, 11) is 0. The first-order chi connectivity index (χ1) is 16.6. The number of aromatic nitrogens is 1. The van der Waals surface area contributed by atoms with Crippen molar-refractivity contribution >= 4 is 34.3 Å². The molecule has 3 aromatic carbocycles. The fourth-order valence-electron chi connectivity index (χ4n) is 4.67. The molecule has 0 fully saturated rings. The van der Waals surface area contributed by atoms with Crippen LogP contribution in [0.15, 0.2) is 72.9 Å². The summed E-state index contributed by atoms with van der Waals surface area (Å²) in [6, 6.07) is 19.0. The van der Waals surface area contributed by atoms with Gasteiger partial charge < -0.3 is 21.4 Å². The van der Waals surface area contributed by atoms with Crippen LogP contribution in [0, 0.1) is 5.82 Å². The van der Waals surface area contributed by atoms with Crippen molar-refractivity contribution in [2.75, 3.05) is 17.6 Å². The summed E-state index contributed by atoms with van der Waals surface area (Å²) in [6.45, 7) is 0.917. The Bertz CT molecular complexity index is 1370. The molecule has 0 bridgehead atoms. The van der Waals surface area contributed by atoms with Gasteiger partial charge in [0, 0.05) is 29.2 Å². The number of fused-ring (bicyclic) bond motifs is 2. The van der Waals surface area contributed by atoms with Gasteiger partial charge in [0.1, 0.15) is 5.82 Å². The van der Waals surface area contributed by atoms with Gasteiger partial charge in [0.25, 0.3) is 0 Å². The van der Waals surface area contributed by atoms with Crippen molar-refractivity contribution < 1.29 is 9.18 Å². The lowest BCUT2D eigenvalue weighted by atomic mass is 10.0. The molecule has 0 saturated heterocycles. The molecule has 4 aromatic rings. The van der Waals surface area contributed by atoms with Gasteiger partial charge in [-0.1, -0.05) is 36.4 Å². The number of hydrogen-bond acceptors (Lipinski definition) is 3. The van der Waals surface area contributed by atoms with Crippen molar-refractivity contribution in [3.63, 3.8) is 0 Å². The lowest BCUT2D eigenvalue weighted by Crippen LogP contribution is -2.21. The number of rotatable bonds is 7. The predicted molar refractivity (Wildman–Crippen MR) is 136 cm³/mol. The van der Waals surface area contributed by atoms with Crippen LogP contribution in [0.1, 0.15) is 34.7 Å². The van der Waals surface area contributed by atoms with Crippen LogP contribution in [0.2, 0.25) is 0 Å². The lowest BCUT2D eigenvalue weighted by molar-refractivity contribution is -0.111. The van der Waals surface area contributed by atoms with Crippen molar-refractivity contribution in [2.24, 2.45) is 0 Å². The number of hydrogen-bond donors (Lipinski definition) is 4. The highest BCUT2D eigenvalue weighted by Crippen LogP contribution is 2.32. The Kier molecular flexibility index (Phi) is 6.14. The summed E-state index contributed by atoms with van der Waals surface area (Å²) >= 11 is 0. The molecule has 5 N–H and O–H groups in total. The van der Waals surface area contributed by atoms with Crippen molar-refractivity contribution in [1.82, 2.24) is 10.3 Å². The van der Waals surface area contributed by atoms with Crippen molar-refractivity contribution in [3.8, 4) is 0 Å². The molecular formula is C28H27FN4O. The van der Waals surface area contributed by atoms with Crippen LogP contribution in [-0.4, -0.2) is 17.4 Å². The molecule has 1 aliphatic rings. The Hall–Kier alpha value is -3.90. The topological polar surface area (TPSA) is 82.9 Å². The number of aryl methyl sites for hydroxylation is 1. The highest BCUT2D eigenvalue weighted by Gasteiger charge is 2.21. The Morgan fingerprint density at radius 3 is 2.91 bits per heavy atom. The maximum Gasteiger partial charge on any atom is 0.248 e. The third-order valence-corrected chi connectivity index (χ3v) is 6.40. The third-order valence-electron chi connectivity index (χ3n) is 6.40. The van der Waals surface area contributed by atoms with Gasteiger partial charge in [0.05, 0.1) is 11.4 Å². The maximum atomic E-state index is 13.2. The van der Waals surface area contributed by atoms with E-state index in [0.29, 0.717) is 11.7 Å². The number of halogens is 1. The number of anilines is 2. The predicted octanol–water partition coefficient (Wildman–Crippen LogP) is 5.36. The summed E-state index contributed by atoms with van der Waals surface area (Å²) in [5.74, 6) is -0.745. The van der Waals surface area contributed by atoms with Gasteiger partial charge in [-0.3, -0.25) is 4.79 Å². The molecule has 0 radical (unpaired) electrons. The van der Waals surface area contributed by atoms with Gasteiger partial charge in [0.15, 0.2) is 0 Å². The second-order valence-electron chi connectivity index (χ2n) is 8.67. The van der Waals surface area contributed by atoms with Crippen LogP contribution in [0.4, 0.5) is 15.8 Å². The fraction of sp³-hybridized carbons (Fsp3) is 0.179. The van der Waals surface area contributed by atoms with E-state index in [1.165, 1.54) is 51.9 Å². The van der Waals surface area contributed by atoms with E-state index in [1.807, 2.05) is 12.1 Å². The summed E-state index contributed by atoms with van der Waals surface area (Å²) in [4.78, 5) is 15.6. The average molecular weight is 455 g/mol. The second-order valence-corrected chi connectivity index (χ2v) is 8.67. The van der Waals surface area contributed by atoms with Crippen LogP contribution in [-0.2, 0) is 17.6 Å². The van der Waals surface area contributed by atoms with Crippen LogP contribution in [0.3, 0.4) is 0 Å². The normalized spacial score (nSPS) is 15.1. The number of carbonyl (C=O) groups is 1. The van der Waals surface area contributed by atoms with E-state index in [4.69, 9.17) is 5.73 Å². The van der Waals surface area contributed by atoms with Gasteiger partial charge >= 0.3 is 0 Å². The molecule has 1 aliphatic carbocycles. The highest BCUT2D eigenvalue weighted by atomic mass is 19.1. The zero-order chi connectivity index (χ0) is 23.5. The summed E-state index contributed by atoms with van der Waals surface area (Å²) in [5, 5.41) is 7.69. The van der Waals surface area contributed by atoms with Crippen LogP contribution in [0.5, 0.6) is 0 Å². The molecule has 1 amide bonds. The van der Waals surface area contributed by atoms with E-state index in [2.05, 4.69) is 52.1 Å². The first-order valence-electron chi connectivity index (χ1n) is 11.5. The van der Waals surface area contributed by atoms with Crippen LogP contribution >= 0.6 is 0 Å². The molecule has 172 valence electrons. The van der Waals surface area contributed by atoms with Crippen molar-refractivity contribution in [2.45, 2.75) is 25.3 Å². The molecular weight excluding hydrogens is 427 g/mol. The number of nitrogen functional groups attached to an aromatic ring is 1. The van der Waals surface area contributed by atoms with Gasteiger partial charge in [-0.2, -0.15) is 0 Å². The summed E-state index contributed by atoms with van der Waals surface area (Å²) in [6.07, 6.45) is 8.42. The zero-order valence-electron chi connectivity index (χ0n) is 18.8. The number of nitrogens with one attached hydrogen (secondary N) is 3.